The van der Waals surface area contributed by atoms with E-state index in [1.165, 1.54) is 18.2 Å². The molecule has 0 radical (unpaired) electrons. The highest BCUT2D eigenvalue weighted by molar-refractivity contribution is 9.10. The molecule has 0 aliphatic carbocycles. The monoisotopic (exact) mass is 361 g/mol. The summed E-state index contributed by atoms with van der Waals surface area (Å²) in [6, 6.07) is 6.32. The quantitative estimate of drug-likeness (QED) is 0.463. The fourth-order valence-electron chi connectivity index (χ4n) is 2.43. The molecule has 0 unspecified atom stereocenters. The lowest BCUT2D eigenvalue weighted by atomic mass is 9.99. The van der Waals surface area contributed by atoms with Crippen LogP contribution in [0.5, 0.6) is 17.2 Å². The second-order valence-electron chi connectivity index (χ2n) is 4.98. The zero-order chi connectivity index (χ0) is 16.0. The first-order chi connectivity index (χ1) is 10.4. The Morgan fingerprint density at radius 1 is 1.09 bits per heavy atom. The van der Waals surface area contributed by atoms with Gasteiger partial charge in [-0.1, -0.05) is 15.9 Å². The third-order valence-electron chi connectivity index (χ3n) is 3.62. The van der Waals surface area contributed by atoms with E-state index in [9.17, 15) is 20.1 Å². The topological polar surface area (TPSA) is 89.8 Å². The van der Waals surface area contributed by atoms with Gasteiger partial charge in [-0.05, 0) is 42.8 Å². The molecular formula is C16H12BrNO4. The van der Waals surface area contributed by atoms with Crippen LogP contribution in [0.4, 0.5) is 5.69 Å². The van der Waals surface area contributed by atoms with Crippen LogP contribution >= 0.6 is 15.9 Å². The Labute approximate surface area is 134 Å². The molecular weight excluding hydrogens is 350 g/mol. The van der Waals surface area contributed by atoms with Crippen LogP contribution in [0.3, 0.4) is 0 Å². The minimum atomic E-state index is -0.612. The average Bonchev–Trinajstić information content (AvgIpc) is 2.80. The molecule has 112 valence electrons. The number of anilines is 1. The summed E-state index contributed by atoms with van der Waals surface area (Å²) in [5.41, 5.74) is 2.96. The zero-order valence-corrected chi connectivity index (χ0v) is 13.1. The van der Waals surface area contributed by atoms with E-state index in [0.29, 0.717) is 11.3 Å². The summed E-state index contributed by atoms with van der Waals surface area (Å²) in [6.45, 7) is 1.88. The highest BCUT2D eigenvalue weighted by Gasteiger charge is 2.27. The molecule has 1 aliphatic rings. The number of amides is 1. The molecule has 3 rings (SSSR count). The van der Waals surface area contributed by atoms with Gasteiger partial charge >= 0.3 is 0 Å². The number of rotatable bonds is 1. The summed E-state index contributed by atoms with van der Waals surface area (Å²) in [4.78, 5) is 12.2. The lowest BCUT2D eigenvalue weighted by molar-refractivity contribution is -0.110. The van der Waals surface area contributed by atoms with Crippen LogP contribution in [0.2, 0.25) is 0 Å². The molecule has 4 N–H and O–H groups in total. The predicted molar refractivity (Wildman–Crippen MR) is 86.8 cm³/mol. The fraction of sp³-hybridized carbons (Fsp3) is 0.0625. The number of benzene rings is 2. The second kappa shape index (κ2) is 5.06. The fourth-order valence-corrected chi connectivity index (χ4v) is 2.77. The standard InChI is InChI=1S/C16H12BrNO4/c1-7-10(17)3-4-11-13(7)9(16(22)18-11)6-8-2-5-12(19)15(21)14(8)20/h2-6,19-21H,1H3,(H,18,22). The van der Waals surface area contributed by atoms with Crippen molar-refractivity contribution < 1.29 is 20.1 Å². The summed E-state index contributed by atoms with van der Waals surface area (Å²) >= 11 is 3.43. The number of phenols is 3. The zero-order valence-electron chi connectivity index (χ0n) is 11.5. The van der Waals surface area contributed by atoms with Crippen LogP contribution in [0.1, 0.15) is 16.7 Å². The third kappa shape index (κ3) is 2.12. The predicted octanol–water partition coefficient (Wildman–Crippen LogP) is 3.37. The van der Waals surface area contributed by atoms with Gasteiger partial charge in [0.1, 0.15) is 0 Å². The molecule has 0 fully saturated rings. The van der Waals surface area contributed by atoms with Gasteiger partial charge in [0.2, 0.25) is 5.75 Å². The summed E-state index contributed by atoms with van der Waals surface area (Å²) in [6.07, 6.45) is 1.48. The van der Waals surface area contributed by atoms with Crippen molar-refractivity contribution in [3.8, 4) is 17.2 Å². The summed E-state index contributed by atoms with van der Waals surface area (Å²) in [7, 11) is 0. The van der Waals surface area contributed by atoms with Crippen molar-refractivity contribution in [3.05, 3.63) is 45.4 Å². The Morgan fingerprint density at radius 2 is 1.82 bits per heavy atom. The molecule has 0 saturated heterocycles. The molecule has 0 atom stereocenters. The minimum Gasteiger partial charge on any atom is -0.504 e. The normalized spacial score (nSPS) is 15.0. The molecule has 0 bridgehead atoms. The Hall–Kier alpha value is -2.47. The van der Waals surface area contributed by atoms with E-state index < -0.39 is 17.2 Å². The van der Waals surface area contributed by atoms with Crippen molar-refractivity contribution in [3.63, 3.8) is 0 Å². The van der Waals surface area contributed by atoms with Gasteiger partial charge in [-0.25, -0.2) is 0 Å². The molecule has 1 aliphatic heterocycles. The number of aromatic hydroxyl groups is 3. The van der Waals surface area contributed by atoms with E-state index in [0.717, 1.165) is 15.6 Å². The maximum absolute atomic E-state index is 12.2. The first kappa shape index (κ1) is 14.5. The third-order valence-corrected chi connectivity index (χ3v) is 4.48. The van der Waals surface area contributed by atoms with Gasteiger partial charge in [0.05, 0.1) is 5.57 Å². The van der Waals surface area contributed by atoms with Gasteiger partial charge in [-0.2, -0.15) is 0 Å². The lowest BCUT2D eigenvalue weighted by Crippen LogP contribution is -2.03. The molecule has 1 amide bonds. The van der Waals surface area contributed by atoms with Crippen LogP contribution in [0.25, 0.3) is 11.6 Å². The molecule has 6 heteroatoms. The van der Waals surface area contributed by atoms with Crippen LogP contribution < -0.4 is 5.32 Å². The Kier molecular flexibility index (Phi) is 3.33. The second-order valence-corrected chi connectivity index (χ2v) is 5.83. The van der Waals surface area contributed by atoms with Crippen LogP contribution in [0.15, 0.2) is 28.7 Å². The highest BCUT2D eigenvalue weighted by atomic mass is 79.9. The number of hydrogen-bond acceptors (Lipinski definition) is 4. The largest absolute Gasteiger partial charge is 0.504 e. The van der Waals surface area contributed by atoms with Crippen molar-refractivity contribution in [1.29, 1.82) is 0 Å². The van der Waals surface area contributed by atoms with E-state index in [4.69, 9.17) is 0 Å². The molecule has 1 heterocycles. The van der Waals surface area contributed by atoms with Crippen molar-refractivity contribution in [2.24, 2.45) is 0 Å². The Balaban J connectivity index is 2.21. The first-order valence-corrected chi connectivity index (χ1v) is 7.26. The maximum Gasteiger partial charge on any atom is 0.256 e. The van der Waals surface area contributed by atoms with E-state index in [2.05, 4.69) is 21.2 Å². The van der Waals surface area contributed by atoms with Gasteiger partial charge in [0.25, 0.3) is 5.91 Å². The number of halogens is 1. The van der Waals surface area contributed by atoms with Crippen molar-refractivity contribution in [2.75, 3.05) is 5.32 Å². The Morgan fingerprint density at radius 3 is 2.55 bits per heavy atom. The summed E-state index contributed by atoms with van der Waals surface area (Å²) in [5.74, 6) is -1.79. The molecule has 2 aromatic carbocycles. The van der Waals surface area contributed by atoms with E-state index >= 15 is 0 Å². The molecule has 0 spiro atoms. The van der Waals surface area contributed by atoms with Crippen molar-refractivity contribution in [1.82, 2.24) is 0 Å². The number of nitrogens with one attached hydrogen (secondary N) is 1. The van der Waals surface area contributed by atoms with Gasteiger partial charge in [0, 0.05) is 21.3 Å². The molecule has 0 saturated carbocycles. The SMILES string of the molecule is Cc1c(Br)ccc2c1C(=Cc1ccc(O)c(O)c1O)C(=O)N2. The van der Waals surface area contributed by atoms with Crippen LogP contribution in [0, 0.1) is 6.92 Å². The smallest absolute Gasteiger partial charge is 0.256 e. The van der Waals surface area contributed by atoms with Crippen molar-refractivity contribution in [2.45, 2.75) is 6.92 Å². The molecule has 2 aromatic rings. The van der Waals surface area contributed by atoms with Gasteiger partial charge in [-0.15, -0.1) is 0 Å². The lowest BCUT2D eigenvalue weighted by Gasteiger charge is -2.07. The number of phenolic OH excluding ortho intramolecular Hbond substituents is 3. The van der Waals surface area contributed by atoms with Gasteiger partial charge in [-0.3, -0.25) is 4.79 Å². The first-order valence-electron chi connectivity index (χ1n) is 6.46. The van der Waals surface area contributed by atoms with E-state index in [1.54, 1.807) is 6.07 Å². The van der Waals surface area contributed by atoms with Gasteiger partial charge in [0.15, 0.2) is 11.5 Å². The number of carbonyl (C=O) groups excluding carboxylic acids is 1. The average molecular weight is 362 g/mol. The number of carbonyl (C=O) groups is 1. The molecule has 5 nitrogen and oxygen atoms in total. The summed E-state index contributed by atoms with van der Waals surface area (Å²) < 4.78 is 0.867. The number of fused-ring (bicyclic) bond motifs is 1. The Bertz CT molecular complexity index is 843. The van der Waals surface area contributed by atoms with E-state index in [-0.39, 0.29) is 11.5 Å². The maximum atomic E-state index is 12.2. The van der Waals surface area contributed by atoms with Crippen molar-refractivity contribution >= 4 is 39.2 Å². The van der Waals surface area contributed by atoms with Gasteiger partial charge < -0.3 is 20.6 Å². The minimum absolute atomic E-state index is 0.243. The molecule has 0 aromatic heterocycles. The van der Waals surface area contributed by atoms with E-state index in [1.807, 2.05) is 13.0 Å². The summed E-state index contributed by atoms with van der Waals surface area (Å²) in [5, 5.41) is 31.6. The number of hydrogen-bond donors (Lipinski definition) is 4. The molecule has 22 heavy (non-hydrogen) atoms. The van der Waals surface area contributed by atoms with Crippen LogP contribution in [-0.4, -0.2) is 21.2 Å². The van der Waals surface area contributed by atoms with Crippen LogP contribution in [-0.2, 0) is 4.79 Å². The highest BCUT2D eigenvalue weighted by Crippen LogP contribution is 2.42.